The molecule has 0 aliphatic rings. The van der Waals surface area contributed by atoms with E-state index in [1.807, 2.05) is 24.1 Å². The van der Waals surface area contributed by atoms with Gasteiger partial charge >= 0.3 is 0 Å². The quantitative estimate of drug-likeness (QED) is 0.931. The Morgan fingerprint density at radius 1 is 1.39 bits per heavy atom. The normalized spacial score (nSPS) is 10.4. The number of halogens is 2. The van der Waals surface area contributed by atoms with Crippen molar-refractivity contribution < 1.29 is 4.42 Å². The van der Waals surface area contributed by atoms with Crippen molar-refractivity contribution in [3.63, 3.8) is 0 Å². The zero-order chi connectivity index (χ0) is 13.1. The van der Waals surface area contributed by atoms with Gasteiger partial charge in [0.25, 0.3) is 0 Å². The lowest BCUT2D eigenvalue weighted by molar-refractivity contribution is 0.507. The molecule has 0 spiro atoms. The van der Waals surface area contributed by atoms with E-state index in [1.54, 1.807) is 19.4 Å². The third-order valence-electron chi connectivity index (χ3n) is 2.48. The summed E-state index contributed by atoms with van der Waals surface area (Å²) in [6.45, 7) is 0.588. The summed E-state index contributed by atoms with van der Waals surface area (Å²) in [5, 5.41) is 3.93. The predicted molar refractivity (Wildman–Crippen MR) is 74.6 cm³/mol. The smallest absolute Gasteiger partial charge is 0.150 e. The number of hydrogen-bond acceptors (Lipinski definition) is 4. The molecule has 4 nitrogen and oxygen atoms in total. The molecule has 0 bridgehead atoms. The van der Waals surface area contributed by atoms with E-state index in [-0.39, 0.29) is 0 Å². The van der Waals surface area contributed by atoms with Gasteiger partial charge in [-0.25, -0.2) is 4.98 Å². The number of furan rings is 1. The standard InChI is InChI=1S/C12H13Cl2N3O/c1-15-11-9(13)6-10(14)12(16-11)17(2)7-8-4-3-5-18-8/h3-6H,7H2,1-2H3,(H,15,16). The van der Waals surface area contributed by atoms with Gasteiger partial charge in [-0.05, 0) is 18.2 Å². The lowest BCUT2D eigenvalue weighted by Gasteiger charge is -2.19. The number of rotatable bonds is 4. The Bertz CT molecular complexity index is 528. The fourth-order valence-electron chi connectivity index (χ4n) is 1.61. The fourth-order valence-corrected chi connectivity index (χ4v) is 2.21. The van der Waals surface area contributed by atoms with Crippen LogP contribution in [0, 0.1) is 0 Å². The first kappa shape index (κ1) is 13.1. The number of nitrogens with zero attached hydrogens (tertiary/aromatic N) is 2. The Labute approximate surface area is 116 Å². The van der Waals surface area contributed by atoms with Crippen molar-refractivity contribution in [1.29, 1.82) is 0 Å². The highest BCUT2D eigenvalue weighted by molar-refractivity contribution is 6.37. The minimum absolute atomic E-state index is 0.498. The minimum atomic E-state index is 0.498. The summed E-state index contributed by atoms with van der Waals surface area (Å²) in [7, 11) is 3.66. The zero-order valence-corrected chi connectivity index (χ0v) is 11.6. The maximum Gasteiger partial charge on any atom is 0.150 e. The number of nitrogens with one attached hydrogen (secondary N) is 1. The lowest BCUT2D eigenvalue weighted by atomic mass is 10.3. The molecule has 0 saturated carbocycles. The Hall–Kier alpha value is -1.39. The number of pyridine rings is 1. The molecule has 0 aromatic carbocycles. The molecule has 0 atom stereocenters. The topological polar surface area (TPSA) is 41.3 Å². The third-order valence-corrected chi connectivity index (χ3v) is 3.05. The van der Waals surface area contributed by atoms with Crippen LogP contribution in [-0.2, 0) is 6.54 Å². The Kier molecular flexibility index (Phi) is 3.99. The highest BCUT2D eigenvalue weighted by Crippen LogP contribution is 2.31. The maximum atomic E-state index is 6.15. The Balaban J connectivity index is 2.26. The van der Waals surface area contributed by atoms with Crippen molar-refractivity contribution in [2.45, 2.75) is 6.54 Å². The summed E-state index contributed by atoms with van der Waals surface area (Å²) < 4.78 is 5.29. The van der Waals surface area contributed by atoms with Crippen molar-refractivity contribution in [1.82, 2.24) is 4.98 Å². The molecule has 0 unspecified atom stereocenters. The van der Waals surface area contributed by atoms with E-state index < -0.39 is 0 Å². The van der Waals surface area contributed by atoms with Gasteiger partial charge in [-0.1, -0.05) is 23.2 Å². The van der Waals surface area contributed by atoms with E-state index in [0.29, 0.717) is 28.2 Å². The van der Waals surface area contributed by atoms with Crippen LogP contribution in [0.1, 0.15) is 5.76 Å². The summed E-state index contributed by atoms with van der Waals surface area (Å²) in [6, 6.07) is 5.42. The maximum absolute atomic E-state index is 6.15. The van der Waals surface area contributed by atoms with Crippen molar-refractivity contribution in [3.05, 3.63) is 40.3 Å². The van der Waals surface area contributed by atoms with Gasteiger partial charge in [0.1, 0.15) is 17.4 Å². The molecule has 96 valence electrons. The zero-order valence-electron chi connectivity index (χ0n) is 10.1. The van der Waals surface area contributed by atoms with Crippen molar-refractivity contribution >= 4 is 34.8 Å². The average Bonchev–Trinajstić information content (AvgIpc) is 2.81. The largest absolute Gasteiger partial charge is 0.467 e. The van der Waals surface area contributed by atoms with Crippen LogP contribution in [0.4, 0.5) is 11.6 Å². The Morgan fingerprint density at radius 2 is 2.17 bits per heavy atom. The lowest BCUT2D eigenvalue weighted by Crippen LogP contribution is -2.18. The molecule has 2 heterocycles. The average molecular weight is 286 g/mol. The van der Waals surface area contributed by atoms with E-state index in [2.05, 4.69) is 10.3 Å². The molecule has 0 fully saturated rings. The second-order valence-electron chi connectivity index (χ2n) is 3.81. The molecule has 0 amide bonds. The minimum Gasteiger partial charge on any atom is -0.467 e. The van der Waals surface area contributed by atoms with Gasteiger partial charge in [0.2, 0.25) is 0 Å². The van der Waals surface area contributed by atoms with Crippen LogP contribution in [0.25, 0.3) is 0 Å². The Morgan fingerprint density at radius 3 is 2.78 bits per heavy atom. The van der Waals surface area contributed by atoms with Gasteiger partial charge in [0.15, 0.2) is 0 Å². The van der Waals surface area contributed by atoms with Crippen LogP contribution in [0.5, 0.6) is 0 Å². The van der Waals surface area contributed by atoms with Crippen molar-refractivity contribution in [3.8, 4) is 0 Å². The summed E-state index contributed by atoms with van der Waals surface area (Å²) in [5.74, 6) is 2.10. The fraction of sp³-hybridized carbons (Fsp3) is 0.250. The molecule has 2 aromatic rings. The van der Waals surface area contributed by atoms with Crippen LogP contribution >= 0.6 is 23.2 Å². The van der Waals surface area contributed by atoms with E-state index in [1.165, 1.54) is 0 Å². The van der Waals surface area contributed by atoms with Gasteiger partial charge in [-0.15, -0.1) is 0 Å². The molecule has 0 radical (unpaired) electrons. The summed E-state index contributed by atoms with van der Waals surface area (Å²) in [6.07, 6.45) is 1.64. The second kappa shape index (κ2) is 5.50. The number of anilines is 2. The van der Waals surface area contributed by atoms with Gasteiger partial charge in [-0.2, -0.15) is 0 Å². The molecule has 18 heavy (non-hydrogen) atoms. The van der Waals surface area contributed by atoms with E-state index >= 15 is 0 Å². The van der Waals surface area contributed by atoms with Crippen LogP contribution in [0.15, 0.2) is 28.9 Å². The molecule has 0 aliphatic heterocycles. The third kappa shape index (κ3) is 2.71. The van der Waals surface area contributed by atoms with Crippen LogP contribution < -0.4 is 10.2 Å². The van der Waals surface area contributed by atoms with Gasteiger partial charge in [-0.3, -0.25) is 0 Å². The highest BCUT2D eigenvalue weighted by atomic mass is 35.5. The molecule has 0 saturated heterocycles. The number of aromatic nitrogens is 1. The monoisotopic (exact) mass is 285 g/mol. The van der Waals surface area contributed by atoms with Gasteiger partial charge in [0.05, 0.1) is 22.9 Å². The van der Waals surface area contributed by atoms with Crippen molar-refractivity contribution in [2.24, 2.45) is 0 Å². The summed E-state index contributed by atoms with van der Waals surface area (Å²) >= 11 is 12.1. The van der Waals surface area contributed by atoms with E-state index in [4.69, 9.17) is 27.6 Å². The predicted octanol–water partition coefficient (Wildman–Crippen LogP) is 3.66. The van der Waals surface area contributed by atoms with Crippen LogP contribution in [0.3, 0.4) is 0 Å². The molecule has 2 rings (SSSR count). The molecule has 1 N–H and O–H groups in total. The van der Waals surface area contributed by atoms with Gasteiger partial charge < -0.3 is 14.6 Å². The first-order chi connectivity index (χ1) is 8.61. The molecule has 2 aromatic heterocycles. The summed E-state index contributed by atoms with van der Waals surface area (Å²) in [4.78, 5) is 6.28. The number of hydrogen-bond donors (Lipinski definition) is 1. The summed E-state index contributed by atoms with van der Waals surface area (Å²) in [5.41, 5.74) is 0. The molecular formula is C12H13Cl2N3O. The van der Waals surface area contributed by atoms with Crippen molar-refractivity contribution in [2.75, 3.05) is 24.3 Å². The van der Waals surface area contributed by atoms with Gasteiger partial charge in [0, 0.05) is 14.1 Å². The van der Waals surface area contributed by atoms with Crippen LogP contribution in [-0.4, -0.2) is 19.1 Å². The first-order valence-electron chi connectivity index (χ1n) is 5.39. The first-order valence-corrected chi connectivity index (χ1v) is 6.14. The van der Waals surface area contributed by atoms with E-state index in [9.17, 15) is 0 Å². The molecular weight excluding hydrogens is 273 g/mol. The molecule has 0 aliphatic carbocycles. The molecule has 6 heteroatoms. The SMILES string of the molecule is CNc1nc(N(C)Cc2ccco2)c(Cl)cc1Cl. The van der Waals surface area contributed by atoms with E-state index in [0.717, 1.165) is 5.76 Å². The van der Waals surface area contributed by atoms with Crippen LogP contribution in [0.2, 0.25) is 10.0 Å². The second-order valence-corrected chi connectivity index (χ2v) is 4.62. The highest BCUT2D eigenvalue weighted by Gasteiger charge is 2.13.